The van der Waals surface area contributed by atoms with Gasteiger partial charge in [0, 0.05) is 5.56 Å². The smallest absolute Gasteiger partial charge is 0.218 e. The quantitative estimate of drug-likeness (QED) is 0.270. The molecular formula is C21H16N4O2S. The maximum Gasteiger partial charge on any atom is 0.218 e. The van der Waals surface area contributed by atoms with Crippen LogP contribution in [0, 0.1) is 0 Å². The van der Waals surface area contributed by atoms with Crippen LogP contribution < -0.4 is 4.74 Å². The summed E-state index contributed by atoms with van der Waals surface area (Å²) in [6, 6.07) is 27.8. The number of hydrogen-bond acceptors (Lipinski definition) is 6. The first-order valence-corrected chi connectivity index (χ1v) is 9.50. The molecule has 0 fully saturated rings. The largest absolute Gasteiger partial charge is 0.471 e. The maximum atomic E-state index is 13.1. The summed E-state index contributed by atoms with van der Waals surface area (Å²) in [7, 11) is 0. The first-order valence-electron chi connectivity index (χ1n) is 8.63. The highest BCUT2D eigenvalue weighted by Gasteiger charge is 2.26. The molecule has 0 aliphatic heterocycles. The third-order valence-electron chi connectivity index (χ3n) is 3.91. The average Bonchev–Trinajstić information content (AvgIpc) is 3.23. The fraction of sp³-hybridized carbons (Fsp3) is 0.0476. The zero-order chi connectivity index (χ0) is 19.2. The molecule has 3 aromatic carbocycles. The molecule has 0 saturated heterocycles. The molecule has 4 aromatic rings. The number of carbonyl (C=O) groups excluding carboxylic acids is 1. The van der Waals surface area contributed by atoms with Crippen LogP contribution in [0.15, 0.2) is 96.2 Å². The Hall–Kier alpha value is -3.45. The summed E-state index contributed by atoms with van der Waals surface area (Å²) in [6.45, 7) is 0. The van der Waals surface area contributed by atoms with Crippen LogP contribution >= 0.6 is 11.8 Å². The minimum Gasteiger partial charge on any atom is -0.471 e. The Bertz CT molecular complexity index is 1040. The number of rotatable bonds is 7. The monoisotopic (exact) mass is 388 g/mol. The van der Waals surface area contributed by atoms with Gasteiger partial charge < -0.3 is 4.74 Å². The van der Waals surface area contributed by atoms with Crippen LogP contribution in [-0.2, 0) is 0 Å². The minimum atomic E-state index is -0.835. The van der Waals surface area contributed by atoms with E-state index in [4.69, 9.17) is 4.74 Å². The molecule has 4 rings (SSSR count). The summed E-state index contributed by atoms with van der Waals surface area (Å²) < 4.78 is 7.59. The molecule has 0 spiro atoms. The number of hydrogen-bond donors (Lipinski definition) is 0. The first-order chi connectivity index (χ1) is 13.8. The van der Waals surface area contributed by atoms with Crippen molar-refractivity contribution in [3.8, 4) is 11.4 Å². The Kier molecular flexibility index (Phi) is 5.44. The standard InChI is InChI=1S/C21H16N4O2S/c26-19(16-10-4-1-5-11-16)20(27-18-14-8-3-9-15-18)28-21-22-23-24-25(21)17-12-6-2-7-13-17/h1-15,20H. The van der Waals surface area contributed by atoms with Gasteiger partial charge in [0.2, 0.25) is 16.4 Å². The molecule has 0 saturated carbocycles. The summed E-state index contributed by atoms with van der Waals surface area (Å²) in [4.78, 5) is 13.1. The van der Waals surface area contributed by atoms with E-state index < -0.39 is 5.44 Å². The average molecular weight is 388 g/mol. The summed E-state index contributed by atoms with van der Waals surface area (Å²) >= 11 is 1.17. The normalized spacial score (nSPS) is 11.7. The Morgan fingerprint density at radius 3 is 2.14 bits per heavy atom. The van der Waals surface area contributed by atoms with E-state index in [1.165, 1.54) is 11.8 Å². The van der Waals surface area contributed by atoms with Gasteiger partial charge in [-0.25, -0.2) is 0 Å². The number of ketones is 1. The number of ether oxygens (including phenoxy) is 1. The van der Waals surface area contributed by atoms with Crippen molar-refractivity contribution in [2.75, 3.05) is 0 Å². The fourth-order valence-corrected chi connectivity index (χ4v) is 3.49. The summed E-state index contributed by atoms with van der Waals surface area (Å²) in [5.41, 5.74) is 0.536. The van der Waals surface area contributed by atoms with Gasteiger partial charge in [-0.2, -0.15) is 4.68 Å². The molecule has 7 heteroatoms. The van der Waals surface area contributed by atoms with E-state index in [-0.39, 0.29) is 5.78 Å². The molecule has 1 atom stereocenters. The molecule has 1 heterocycles. The third-order valence-corrected chi connectivity index (χ3v) is 4.90. The van der Waals surface area contributed by atoms with Crippen molar-refractivity contribution in [1.29, 1.82) is 0 Å². The summed E-state index contributed by atoms with van der Waals surface area (Å²) in [5.74, 6) is 0.445. The predicted octanol–water partition coefficient (Wildman–Crippen LogP) is 4.04. The van der Waals surface area contributed by atoms with Gasteiger partial charge in [-0.3, -0.25) is 4.79 Å². The Labute approximate surface area is 166 Å². The molecule has 0 aliphatic rings. The van der Waals surface area contributed by atoms with Crippen LogP contribution in [0.1, 0.15) is 10.4 Å². The first kappa shape index (κ1) is 17.9. The van der Waals surface area contributed by atoms with E-state index in [1.54, 1.807) is 16.8 Å². The second-order valence-electron chi connectivity index (χ2n) is 5.82. The van der Waals surface area contributed by atoms with Crippen LogP contribution in [0.3, 0.4) is 0 Å². The van der Waals surface area contributed by atoms with Gasteiger partial charge in [-0.05, 0) is 46.5 Å². The number of aromatic nitrogens is 4. The third kappa shape index (κ3) is 4.10. The van der Waals surface area contributed by atoms with Crippen LogP contribution in [0.5, 0.6) is 5.75 Å². The summed E-state index contributed by atoms with van der Waals surface area (Å²) in [6.07, 6.45) is 0. The molecule has 0 aliphatic carbocycles. The van der Waals surface area contributed by atoms with Crippen molar-refractivity contribution in [2.24, 2.45) is 0 Å². The van der Waals surface area contributed by atoms with Crippen LogP contribution in [0.4, 0.5) is 0 Å². The number of para-hydroxylation sites is 2. The summed E-state index contributed by atoms with van der Waals surface area (Å²) in [5, 5.41) is 12.4. The lowest BCUT2D eigenvalue weighted by molar-refractivity contribution is 0.0891. The van der Waals surface area contributed by atoms with E-state index in [0.717, 1.165) is 5.69 Å². The van der Waals surface area contributed by atoms with Gasteiger partial charge in [0.1, 0.15) is 5.75 Å². The molecule has 0 bridgehead atoms. The molecule has 0 amide bonds. The molecule has 1 aromatic heterocycles. The van der Waals surface area contributed by atoms with E-state index in [0.29, 0.717) is 16.5 Å². The zero-order valence-electron chi connectivity index (χ0n) is 14.8. The lowest BCUT2D eigenvalue weighted by Crippen LogP contribution is -2.24. The van der Waals surface area contributed by atoms with Gasteiger partial charge in [0.25, 0.3) is 0 Å². The van der Waals surface area contributed by atoms with Crippen molar-refractivity contribution in [3.63, 3.8) is 0 Å². The van der Waals surface area contributed by atoms with Crippen molar-refractivity contribution >= 4 is 17.5 Å². The number of nitrogens with zero attached hydrogens (tertiary/aromatic N) is 4. The minimum absolute atomic E-state index is 0.155. The van der Waals surface area contributed by atoms with Gasteiger partial charge in [0.05, 0.1) is 5.69 Å². The number of Topliss-reactive ketones (excluding diaryl/α,β-unsaturated/α-hetero) is 1. The fourth-order valence-electron chi connectivity index (χ4n) is 2.57. The molecule has 0 N–H and O–H groups in total. The number of tetrazole rings is 1. The van der Waals surface area contributed by atoms with Crippen molar-refractivity contribution in [1.82, 2.24) is 20.2 Å². The second-order valence-corrected chi connectivity index (χ2v) is 6.85. The van der Waals surface area contributed by atoms with Gasteiger partial charge in [-0.1, -0.05) is 66.7 Å². The highest BCUT2D eigenvalue weighted by Crippen LogP contribution is 2.28. The molecule has 0 radical (unpaired) electrons. The Balaban J connectivity index is 1.65. The van der Waals surface area contributed by atoms with E-state index in [2.05, 4.69) is 15.5 Å². The predicted molar refractivity (Wildman–Crippen MR) is 107 cm³/mol. The van der Waals surface area contributed by atoms with Gasteiger partial charge in [-0.15, -0.1) is 5.10 Å². The Morgan fingerprint density at radius 1 is 0.857 bits per heavy atom. The molecular weight excluding hydrogens is 372 g/mol. The van der Waals surface area contributed by atoms with Crippen molar-refractivity contribution in [2.45, 2.75) is 10.6 Å². The zero-order valence-corrected chi connectivity index (χ0v) is 15.6. The highest BCUT2D eigenvalue weighted by atomic mass is 32.2. The van der Waals surface area contributed by atoms with Gasteiger partial charge >= 0.3 is 0 Å². The molecule has 28 heavy (non-hydrogen) atoms. The lowest BCUT2D eigenvalue weighted by Gasteiger charge is -2.17. The highest BCUT2D eigenvalue weighted by molar-refractivity contribution is 8.00. The topological polar surface area (TPSA) is 69.9 Å². The SMILES string of the molecule is O=C(c1ccccc1)C(Oc1ccccc1)Sc1nnnn1-c1ccccc1. The van der Waals surface area contributed by atoms with E-state index >= 15 is 0 Å². The van der Waals surface area contributed by atoms with Gasteiger partial charge in [0.15, 0.2) is 0 Å². The van der Waals surface area contributed by atoms with Crippen molar-refractivity contribution in [3.05, 3.63) is 96.6 Å². The Morgan fingerprint density at radius 2 is 1.46 bits per heavy atom. The van der Waals surface area contributed by atoms with Crippen LogP contribution in [-0.4, -0.2) is 31.4 Å². The number of carbonyl (C=O) groups is 1. The van der Waals surface area contributed by atoms with Crippen molar-refractivity contribution < 1.29 is 9.53 Å². The van der Waals surface area contributed by atoms with Crippen LogP contribution in [0.25, 0.3) is 5.69 Å². The number of benzene rings is 3. The molecule has 1 unspecified atom stereocenters. The molecule has 6 nitrogen and oxygen atoms in total. The van der Waals surface area contributed by atoms with E-state index in [9.17, 15) is 4.79 Å². The second kappa shape index (κ2) is 8.49. The lowest BCUT2D eigenvalue weighted by atomic mass is 10.1. The van der Waals surface area contributed by atoms with E-state index in [1.807, 2.05) is 78.9 Å². The maximum absolute atomic E-state index is 13.1. The number of thioether (sulfide) groups is 1. The van der Waals surface area contributed by atoms with Crippen LogP contribution in [0.2, 0.25) is 0 Å². The molecule has 138 valence electrons.